The SMILES string of the molecule is CCC(N)CNc1nc(-c2cc(Cl)ccc2O)ncc1-c1ccc(C)cc1. The molecular formula is C21H23ClN4O. The molecule has 1 aromatic heterocycles. The number of aryl methyl sites for hydroxylation is 1. The highest BCUT2D eigenvalue weighted by atomic mass is 35.5. The van der Waals surface area contributed by atoms with Crippen molar-refractivity contribution in [2.45, 2.75) is 26.3 Å². The fourth-order valence-corrected chi connectivity index (χ4v) is 2.82. The molecule has 3 rings (SSSR count). The lowest BCUT2D eigenvalue weighted by Crippen LogP contribution is -2.28. The number of nitrogens with zero attached hydrogens (tertiary/aromatic N) is 2. The molecule has 6 heteroatoms. The zero-order valence-corrected chi connectivity index (χ0v) is 16.2. The molecule has 5 nitrogen and oxygen atoms in total. The number of hydrogen-bond donors (Lipinski definition) is 3. The number of anilines is 1. The molecule has 1 atom stereocenters. The molecule has 1 unspecified atom stereocenters. The molecule has 0 saturated heterocycles. The maximum Gasteiger partial charge on any atom is 0.165 e. The third-order valence-electron chi connectivity index (χ3n) is 4.41. The van der Waals surface area contributed by atoms with Crippen LogP contribution in [0.2, 0.25) is 5.02 Å². The van der Waals surface area contributed by atoms with E-state index in [0.717, 1.165) is 17.5 Å². The average Bonchev–Trinajstić information content (AvgIpc) is 2.68. The van der Waals surface area contributed by atoms with Gasteiger partial charge >= 0.3 is 0 Å². The van der Waals surface area contributed by atoms with E-state index in [-0.39, 0.29) is 11.8 Å². The van der Waals surface area contributed by atoms with Crippen molar-refractivity contribution in [2.24, 2.45) is 5.73 Å². The van der Waals surface area contributed by atoms with E-state index >= 15 is 0 Å². The van der Waals surface area contributed by atoms with Gasteiger partial charge in [0.1, 0.15) is 11.6 Å². The van der Waals surface area contributed by atoms with Gasteiger partial charge < -0.3 is 16.2 Å². The molecule has 4 N–H and O–H groups in total. The van der Waals surface area contributed by atoms with Crippen LogP contribution in [-0.2, 0) is 0 Å². The summed E-state index contributed by atoms with van der Waals surface area (Å²) in [5.41, 5.74) is 9.62. The van der Waals surface area contributed by atoms with Gasteiger partial charge in [-0.25, -0.2) is 9.97 Å². The summed E-state index contributed by atoms with van der Waals surface area (Å²) in [6, 6.07) is 13.0. The van der Waals surface area contributed by atoms with Crippen LogP contribution < -0.4 is 11.1 Å². The Morgan fingerprint density at radius 2 is 1.89 bits per heavy atom. The predicted octanol–water partition coefficient (Wildman–Crippen LogP) is 4.63. The van der Waals surface area contributed by atoms with Crippen LogP contribution in [0.4, 0.5) is 5.82 Å². The molecule has 2 aromatic carbocycles. The van der Waals surface area contributed by atoms with Crippen molar-refractivity contribution in [1.29, 1.82) is 0 Å². The molecule has 140 valence electrons. The molecule has 0 bridgehead atoms. The van der Waals surface area contributed by atoms with Crippen molar-refractivity contribution in [3.63, 3.8) is 0 Å². The smallest absolute Gasteiger partial charge is 0.165 e. The van der Waals surface area contributed by atoms with Crippen molar-refractivity contribution in [3.05, 3.63) is 59.2 Å². The van der Waals surface area contributed by atoms with Gasteiger partial charge in [0.2, 0.25) is 0 Å². The number of phenols is 1. The van der Waals surface area contributed by atoms with Gasteiger partial charge in [-0.15, -0.1) is 0 Å². The average molecular weight is 383 g/mol. The second kappa shape index (κ2) is 8.37. The maximum absolute atomic E-state index is 10.2. The summed E-state index contributed by atoms with van der Waals surface area (Å²) in [6.07, 6.45) is 2.62. The standard InChI is InChI=1S/C21H23ClN4O/c1-3-16(23)11-24-21-18(14-6-4-13(2)5-7-14)12-25-20(26-21)17-10-15(22)8-9-19(17)27/h4-10,12,16,27H,3,11,23H2,1-2H3,(H,24,25,26). The van der Waals surface area contributed by atoms with Crippen molar-refractivity contribution < 1.29 is 5.11 Å². The topological polar surface area (TPSA) is 84.1 Å². The van der Waals surface area contributed by atoms with Gasteiger partial charge in [-0.05, 0) is 37.1 Å². The minimum Gasteiger partial charge on any atom is -0.507 e. The fourth-order valence-electron chi connectivity index (χ4n) is 2.65. The number of phenolic OH excluding ortho intramolecular Hbond substituents is 1. The summed E-state index contributed by atoms with van der Waals surface area (Å²) < 4.78 is 0. The normalized spacial score (nSPS) is 12.0. The number of aromatic nitrogens is 2. The number of nitrogens with one attached hydrogen (secondary N) is 1. The fraction of sp³-hybridized carbons (Fsp3) is 0.238. The first-order chi connectivity index (χ1) is 13.0. The molecule has 0 aliphatic heterocycles. The third-order valence-corrected chi connectivity index (χ3v) is 4.64. The number of aromatic hydroxyl groups is 1. The van der Waals surface area contributed by atoms with Crippen LogP contribution >= 0.6 is 11.6 Å². The highest BCUT2D eigenvalue weighted by molar-refractivity contribution is 6.30. The molecule has 0 aliphatic carbocycles. The molecule has 3 aromatic rings. The van der Waals surface area contributed by atoms with E-state index in [0.29, 0.717) is 28.8 Å². The van der Waals surface area contributed by atoms with Crippen LogP contribution in [0.1, 0.15) is 18.9 Å². The number of nitrogens with two attached hydrogens (primary N) is 1. The van der Waals surface area contributed by atoms with E-state index in [1.807, 2.05) is 38.1 Å². The minimum atomic E-state index is 0.0221. The van der Waals surface area contributed by atoms with Crippen LogP contribution in [0, 0.1) is 6.92 Å². The molecule has 0 aliphatic rings. The first-order valence-corrected chi connectivity index (χ1v) is 9.28. The summed E-state index contributed by atoms with van der Waals surface area (Å²) in [5, 5.41) is 14.0. The maximum atomic E-state index is 10.2. The molecule has 0 radical (unpaired) electrons. The van der Waals surface area contributed by atoms with Crippen molar-refractivity contribution in [2.75, 3.05) is 11.9 Å². The van der Waals surface area contributed by atoms with Gasteiger partial charge in [0.15, 0.2) is 5.82 Å². The van der Waals surface area contributed by atoms with Gasteiger partial charge in [0, 0.05) is 29.4 Å². The van der Waals surface area contributed by atoms with Gasteiger partial charge in [-0.2, -0.15) is 0 Å². The van der Waals surface area contributed by atoms with Crippen LogP contribution in [-0.4, -0.2) is 27.7 Å². The second-order valence-corrected chi connectivity index (χ2v) is 6.97. The number of benzene rings is 2. The molecule has 0 spiro atoms. The Kier molecular flexibility index (Phi) is 5.94. The quantitative estimate of drug-likeness (QED) is 0.579. The summed E-state index contributed by atoms with van der Waals surface area (Å²) in [7, 11) is 0. The Hall–Kier alpha value is -2.63. The van der Waals surface area contributed by atoms with Gasteiger partial charge in [-0.1, -0.05) is 48.4 Å². The Morgan fingerprint density at radius 1 is 1.15 bits per heavy atom. The van der Waals surface area contributed by atoms with Crippen molar-refractivity contribution >= 4 is 17.4 Å². The van der Waals surface area contributed by atoms with Crippen LogP contribution in [0.15, 0.2) is 48.7 Å². The summed E-state index contributed by atoms with van der Waals surface area (Å²) in [4.78, 5) is 9.11. The van der Waals surface area contributed by atoms with Crippen molar-refractivity contribution in [3.8, 4) is 28.3 Å². The molecule has 1 heterocycles. The Labute approximate surface area is 164 Å². The zero-order chi connectivity index (χ0) is 19.4. The number of hydrogen-bond acceptors (Lipinski definition) is 5. The second-order valence-electron chi connectivity index (χ2n) is 6.53. The summed E-state index contributed by atoms with van der Waals surface area (Å²) in [5.74, 6) is 1.16. The monoisotopic (exact) mass is 382 g/mol. The van der Waals surface area contributed by atoms with Gasteiger partial charge in [-0.3, -0.25) is 0 Å². The summed E-state index contributed by atoms with van der Waals surface area (Å²) >= 11 is 6.07. The lowest BCUT2D eigenvalue weighted by Gasteiger charge is -2.15. The Morgan fingerprint density at radius 3 is 2.59 bits per heavy atom. The first kappa shape index (κ1) is 19.1. The predicted molar refractivity (Wildman–Crippen MR) is 111 cm³/mol. The molecule has 0 fully saturated rings. The molecule has 27 heavy (non-hydrogen) atoms. The molecule has 0 amide bonds. The van der Waals surface area contributed by atoms with E-state index in [4.69, 9.17) is 17.3 Å². The first-order valence-electron chi connectivity index (χ1n) is 8.90. The number of rotatable bonds is 6. The van der Waals surface area contributed by atoms with E-state index in [1.165, 1.54) is 11.6 Å². The third kappa shape index (κ3) is 4.56. The highest BCUT2D eigenvalue weighted by Crippen LogP contribution is 2.33. The van der Waals surface area contributed by atoms with Gasteiger partial charge in [0.05, 0.1) is 5.56 Å². The summed E-state index contributed by atoms with van der Waals surface area (Å²) in [6.45, 7) is 4.68. The largest absolute Gasteiger partial charge is 0.507 e. The van der Waals surface area contributed by atoms with Crippen LogP contribution in [0.5, 0.6) is 5.75 Å². The molecule has 0 saturated carbocycles. The molecular weight excluding hydrogens is 360 g/mol. The van der Waals surface area contributed by atoms with E-state index in [9.17, 15) is 5.11 Å². The van der Waals surface area contributed by atoms with Gasteiger partial charge in [0.25, 0.3) is 0 Å². The van der Waals surface area contributed by atoms with Crippen LogP contribution in [0.25, 0.3) is 22.5 Å². The lowest BCUT2D eigenvalue weighted by molar-refractivity contribution is 0.477. The van der Waals surface area contributed by atoms with E-state index in [2.05, 4.69) is 15.3 Å². The van der Waals surface area contributed by atoms with E-state index in [1.54, 1.807) is 18.3 Å². The Bertz CT molecular complexity index is 928. The number of halogens is 1. The van der Waals surface area contributed by atoms with E-state index < -0.39 is 0 Å². The Balaban J connectivity index is 2.05. The van der Waals surface area contributed by atoms with Crippen molar-refractivity contribution in [1.82, 2.24) is 9.97 Å². The highest BCUT2D eigenvalue weighted by Gasteiger charge is 2.14. The zero-order valence-electron chi connectivity index (χ0n) is 15.4. The minimum absolute atomic E-state index is 0.0221. The van der Waals surface area contributed by atoms with Crippen LogP contribution in [0.3, 0.4) is 0 Å². The lowest BCUT2D eigenvalue weighted by atomic mass is 10.1.